The van der Waals surface area contributed by atoms with E-state index in [0.29, 0.717) is 16.7 Å². The predicted octanol–water partition coefficient (Wildman–Crippen LogP) is 3.97. The highest BCUT2D eigenvalue weighted by atomic mass is 32.1. The minimum absolute atomic E-state index is 0.000641. The summed E-state index contributed by atoms with van der Waals surface area (Å²) < 4.78 is 0. The minimum Gasteiger partial charge on any atom is -0.480 e. The molecule has 0 spiro atoms. The molecule has 4 aromatic carbocycles. The third-order valence-corrected chi connectivity index (χ3v) is 11.0. The van der Waals surface area contributed by atoms with Crippen LogP contribution in [0, 0.1) is 0 Å². The second-order valence-corrected chi connectivity index (χ2v) is 15.5. The minimum atomic E-state index is -1.78. The molecule has 304 valence electrons. The average molecular weight is 816 g/mol. The summed E-state index contributed by atoms with van der Waals surface area (Å²) in [6.07, 6.45) is -2.54. The van der Waals surface area contributed by atoms with Crippen molar-refractivity contribution < 1.29 is 39.0 Å². The Balaban J connectivity index is 1.38. The molecule has 2 aliphatic rings. The lowest BCUT2D eigenvalue weighted by Gasteiger charge is -2.29. The van der Waals surface area contributed by atoms with Gasteiger partial charge in [0.25, 0.3) is 5.91 Å². The molecule has 2 bridgehead atoms. The monoisotopic (exact) mass is 815 g/mol. The number of nitrogens with one attached hydrogen (secondary N) is 5. The van der Waals surface area contributed by atoms with Crippen molar-refractivity contribution in [1.82, 2.24) is 21.3 Å². The zero-order valence-electron chi connectivity index (χ0n) is 32.2. The van der Waals surface area contributed by atoms with Gasteiger partial charge in [-0.3, -0.25) is 24.0 Å². The summed E-state index contributed by atoms with van der Waals surface area (Å²) in [6, 6.07) is 30.6. The largest absolute Gasteiger partial charge is 0.480 e. The van der Waals surface area contributed by atoms with Gasteiger partial charge in [-0.1, -0.05) is 110 Å². The molecule has 3 heterocycles. The molecule has 7 rings (SSSR count). The summed E-state index contributed by atoms with van der Waals surface area (Å²) in [6.45, 7) is 1.75. The summed E-state index contributed by atoms with van der Waals surface area (Å²) >= 11 is 1.36. The van der Waals surface area contributed by atoms with E-state index in [2.05, 4.69) is 26.6 Å². The van der Waals surface area contributed by atoms with Gasteiger partial charge in [-0.25, -0.2) is 4.79 Å². The zero-order valence-corrected chi connectivity index (χ0v) is 33.0. The lowest BCUT2D eigenvalue weighted by molar-refractivity contribution is -0.142. The summed E-state index contributed by atoms with van der Waals surface area (Å²) in [5.41, 5.74) is 4.07. The Morgan fingerprint density at radius 2 is 1.29 bits per heavy atom. The number of rotatable bonds is 8. The van der Waals surface area contributed by atoms with Crippen LogP contribution in [0.1, 0.15) is 40.8 Å². The molecule has 13 nitrogen and oxygen atoms in total. The smallest absolute Gasteiger partial charge is 0.326 e. The van der Waals surface area contributed by atoms with E-state index in [1.807, 2.05) is 60.0 Å². The second-order valence-electron chi connectivity index (χ2n) is 14.4. The van der Waals surface area contributed by atoms with E-state index in [4.69, 9.17) is 0 Å². The number of aliphatic hydroxyl groups excluding tert-OH is 1. The summed E-state index contributed by atoms with van der Waals surface area (Å²) in [7, 11) is 0. The van der Waals surface area contributed by atoms with Crippen LogP contribution in [0.4, 0.5) is 5.69 Å². The summed E-state index contributed by atoms with van der Waals surface area (Å²) in [5.74, 6) is -5.86. The fourth-order valence-electron chi connectivity index (χ4n) is 6.81. The number of aliphatic carboxylic acids is 1. The van der Waals surface area contributed by atoms with Crippen LogP contribution in [-0.4, -0.2) is 76.0 Å². The first-order valence-electron chi connectivity index (χ1n) is 19.2. The molecule has 6 atom stereocenters. The number of hydrogen-bond acceptors (Lipinski definition) is 8. The number of carboxylic acids is 1. The third kappa shape index (κ3) is 11.5. The van der Waals surface area contributed by atoms with Crippen molar-refractivity contribution in [3.05, 3.63) is 148 Å². The number of fused-ring (bicyclic) bond motifs is 18. The number of hydrogen-bond donors (Lipinski definition) is 7. The van der Waals surface area contributed by atoms with Gasteiger partial charge in [-0.2, -0.15) is 0 Å². The summed E-state index contributed by atoms with van der Waals surface area (Å²) in [5, 5.41) is 36.1. The Bertz CT molecular complexity index is 2240. The number of carboxylic acid groups (broad SMARTS) is 1. The van der Waals surface area contributed by atoms with Crippen LogP contribution in [0.2, 0.25) is 0 Å². The van der Waals surface area contributed by atoms with Gasteiger partial charge in [0.15, 0.2) is 0 Å². The van der Waals surface area contributed by atoms with Gasteiger partial charge in [0.2, 0.25) is 23.6 Å². The molecule has 14 heteroatoms. The van der Waals surface area contributed by atoms with Crippen molar-refractivity contribution in [2.75, 3.05) is 5.32 Å². The maximum Gasteiger partial charge on any atom is 0.326 e. The Kier molecular flexibility index (Phi) is 14.0. The van der Waals surface area contributed by atoms with Crippen molar-refractivity contribution >= 4 is 52.5 Å². The van der Waals surface area contributed by atoms with Gasteiger partial charge in [-0.05, 0) is 51.4 Å². The molecule has 0 fully saturated rings. The lowest BCUT2D eigenvalue weighted by Crippen LogP contribution is -2.59. The second kappa shape index (κ2) is 19.7. The first-order chi connectivity index (χ1) is 28.4. The van der Waals surface area contributed by atoms with Crippen LogP contribution < -0.4 is 26.6 Å². The molecule has 2 aliphatic heterocycles. The molecule has 0 aliphatic carbocycles. The Hall–Kier alpha value is -6.64. The zero-order chi connectivity index (χ0) is 41.9. The number of anilines is 1. The summed E-state index contributed by atoms with van der Waals surface area (Å²) in [4.78, 5) is 82.5. The molecule has 59 heavy (non-hydrogen) atoms. The topological polar surface area (TPSA) is 203 Å². The number of amides is 5. The Labute approximate surface area is 345 Å². The molecule has 0 radical (unpaired) electrons. The Morgan fingerprint density at radius 3 is 1.93 bits per heavy atom. The van der Waals surface area contributed by atoms with Gasteiger partial charge >= 0.3 is 5.97 Å². The van der Waals surface area contributed by atoms with Crippen LogP contribution in [0.3, 0.4) is 0 Å². The standard InChI is InChI=1S/C45H45N5O8S/c1-27(30-16-18-32(19-17-30)31-11-6-3-7-12-31)40-44(56)48-35(23-28-9-4-2-5-10-28)41(53)49-37(45(57)58)24-29-14-20-33(21-15-29)46-43(55)38(51)26-39(52)47-36(42(54)50-40)25-34-13-8-22-59-34/h2-22,27,35-38,40,51H,23-26H2,1H3,(H,46,55)(H,47,52)(H,48,56)(H,49,53)(H,50,54)(H,57,58). The van der Waals surface area contributed by atoms with E-state index < -0.39 is 78.1 Å². The van der Waals surface area contributed by atoms with Gasteiger partial charge in [0.1, 0.15) is 30.3 Å². The van der Waals surface area contributed by atoms with Crippen molar-refractivity contribution in [3.8, 4) is 11.1 Å². The fourth-order valence-corrected chi connectivity index (χ4v) is 7.56. The van der Waals surface area contributed by atoms with Crippen LogP contribution in [-0.2, 0) is 48.0 Å². The number of carbonyl (C=O) groups excluding carboxylic acids is 5. The molecule has 7 N–H and O–H groups in total. The maximum atomic E-state index is 14.6. The van der Waals surface area contributed by atoms with Gasteiger partial charge in [-0.15, -0.1) is 11.3 Å². The maximum absolute atomic E-state index is 14.6. The molecule has 1 aromatic heterocycles. The first-order valence-corrected chi connectivity index (χ1v) is 20.0. The average Bonchev–Trinajstić information content (AvgIpc) is 3.76. The fraction of sp³-hybridized carbons (Fsp3) is 0.244. The van der Waals surface area contributed by atoms with E-state index >= 15 is 0 Å². The van der Waals surface area contributed by atoms with E-state index in [0.717, 1.165) is 16.0 Å². The van der Waals surface area contributed by atoms with E-state index in [1.54, 1.807) is 61.5 Å². The number of benzene rings is 4. The number of aliphatic hydroxyl groups is 1. The number of carbonyl (C=O) groups is 6. The van der Waals surface area contributed by atoms with Crippen LogP contribution in [0.5, 0.6) is 0 Å². The van der Waals surface area contributed by atoms with Gasteiger partial charge in [0, 0.05) is 35.7 Å². The molecular weight excluding hydrogens is 771 g/mol. The highest BCUT2D eigenvalue weighted by Crippen LogP contribution is 2.26. The lowest BCUT2D eigenvalue weighted by atomic mass is 9.90. The van der Waals surface area contributed by atoms with Crippen molar-refractivity contribution in [3.63, 3.8) is 0 Å². The number of thiophene rings is 1. The van der Waals surface area contributed by atoms with E-state index in [-0.39, 0.29) is 24.9 Å². The first kappa shape index (κ1) is 42.0. The van der Waals surface area contributed by atoms with Crippen molar-refractivity contribution in [2.45, 2.75) is 68.8 Å². The molecule has 6 unspecified atom stereocenters. The molecule has 5 aromatic rings. The van der Waals surface area contributed by atoms with Gasteiger partial charge < -0.3 is 36.8 Å². The predicted molar refractivity (Wildman–Crippen MR) is 223 cm³/mol. The Morgan fingerprint density at radius 1 is 0.661 bits per heavy atom. The molecule has 5 amide bonds. The van der Waals surface area contributed by atoms with E-state index in [1.165, 1.54) is 23.5 Å². The van der Waals surface area contributed by atoms with Crippen LogP contribution in [0.15, 0.2) is 127 Å². The quantitative estimate of drug-likeness (QED) is 0.114. The molecule has 0 saturated carbocycles. The van der Waals surface area contributed by atoms with Gasteiger partial charge in [0.05, 0.1) is 6.42 Å². The SMILES string of the molecule is CC(c1ccc(-c2ccccc2)cc1)C1NC(=O)C(Cc2cccs2)NC(=O)CC(O)C(=O)Nc2ccc(cc2)CC(C(=O)O)NC(=O)C(Cc2ccccc2)NC1=O. The third-order valence-electron chi connectivity index (χ3n) is 10.1. The van der Waals surface area contributed by atoms with Crippen LogP contribution in [0.25, 0.3) is 11.1 Å². The normalized spacial score (nSPS) is 21.5. The highest BCUT2D eigenvalue weighted by Gasteiger charge is 2.35. The molecule has 0 saturated heterocycles. The van der Waals surface area contributed by atoms with E-state index in [9.17, 15) is 39.0 Å². The molecular formula is C45H45N5O8S. The highest BCUT2D eigenvalue weighted by molar-refractivity contribution is 7.09. The van der Waals surface area contributed by atoms with Crippen molar-refractivity contribution in [2.24, 2.45) is 0 Å². The van der Waals surface area contributed by atoms with Crippen LogP contribution >= 0.6 is 11.3 Å². The van der Waals surface area contributed by atoms with Crippen molar-refractivity contribution in [1.29, 1.82) is 0 Å².